The fraction of sp³-hybridized carbons (Fsp3) is 0.350. The number of halogens is 5. The zero-order chi connectivity index (χ0) is 23.5. The topological polar surface area (TPSA) is 76.5 Å². The number of para-hydroxylation sites is 1. The number of carbonyl (C=O) groups excluding carboxylic acids is 1. The van der Waals surface area contributed by atoms with Gasteiger partial charge in [0.2, 0.25) is 5.12 Å². The van der Waals surface area contributed by atoms with Crippen molar-refractivity contribution in [1.82, 2.24) is 4.98 Å². The van der Waals surface area contributed by atoms with Crippen LogP contribution in [0, 0.1) is 5.92 Å². The Kier molecular flexibility index (Phi) is 7.63. The number of carbonyl (C=O) groups is 2. The number of carboxylic acid groups (broad SMARTS) is 1. The van der Waals surface area contributed by atoms with Gasteiger partial charge in [0.15, 0.2) is 5.69 Å². The zero-order valence-electron chi connectivity index (χ0n) is 16.6. The van der Waals surface area contributed by atoms with Crippen LogP contribution >= 0.6 is 11.8 Å². The molecule has 0 aliphatic rings. The number of thioether (sulfide) groups is 1. The molecule has 0 amide bonds. The number of pyridine rings is 1. The first-order chi connectivity index (χ1) is 14.4. The minimum Gasteiger partial charge on any atom is -0.496 e. The van der Waals surface area contributed by atoms with E-state index in [1.807, 2.05) is 0 Å². The van der Waals surface area contributed by atoms with Crippen LogP contribution in [0.1, 0.15) is 57.9 Å². The summed E-state index contributed by atoms with van der Waals surface area (Å²) in [5, 5.41) is 8.31. The lowest BCUT2D eigenvalue weighted by Crippen LogP contribution is -2.23. The molecule has 0 saturated heterocycles. The standard InChI is InChI=1S/C20H18F5NO4S/c1-9(2)8-10-13(18(27)28)15(17(21)22)26-16(20(23,24)25)14(10)19(29)31-12-7-5-4-6-11(12)30-3/h4-7,9,17H,8H2,1-3H3,(H,27,28). The van der Waals surface area contributed by atoms with Gasteiger partial charge in [-0.3, -0.25) is 4.79 Å². The zero-order valence-corrected chi connectivity index (χ0v) is 17.4. The summed E-state index contributed by atoms with van der Waals surface area (Å²) in [7, 11) is 1.30. The van der Waals surface area contributed by atoms with Gasteiger partial charge in [0.05, 0.1) is 23.1 Å². The van der Waals surface area contributed by atoms with Crippen LogP contribution in [0.25, 0.3) is 0 Å². The molecule has 0 atom stereocenters. The maximum Gasteiger partial charge on any atom is 0.434 e. The van der Waals surface area contributed by atoms with Crippen LogP contribution in [0.4, 0.5) is 22.0 Å². The average molecular weight is 463 g/mol. The summed E-state index contributed by atoms with van der Waals surface area (Å²) in [6.45, 7) is 3.12. The highest BCUT2D eigenvalue weighted by Crippen LogP contribution is 2.41. The molecule has 0 aliphatic carbocycles. The number of hydrogen-bond donors (Lipinski definition) is 1. The summed E-state index contributed by atoms with van der Waals surface area (Å²) >= 11 is 0.370. The van der Waals surface area contributed by atoms with Crippen molar-refractivity contribution >= 4 is 22.8 Å². The number of methoxy groups -OCH3 is 1. The Bertz CT molecular complexity index is 992. The fourth-order valence-electron chi connectivity index (χ4n) is 2.94. The predicted molar refractivity (Wildman–Crippen MR) is 103 cm³/mol. The Labute approximate surface area is 178 Å². The SMILES string of the molecule is COc1ccccc1SC(=O)c1c(C(F)(F)F)nc(C(F)F)c(C(=O)O)c1CC(C)C. The molecular weight excluding hydrogens is 445 g/mol. The van der Waals surface area contributed by atoms with Crippen molar-refractivity contribution in [2.24, 2.45) is 5.92 Å². The van der Waals surface area contributed by atoms with E-state index >= 15 is 0 Å². The molecule has 1 heterocycles. The molecule has 0 radical (unpaired) electrons. The first-order valence-electron chi connectivity index (χ1n) is 8.89. The van der Waals surface area contributed by atoms with E-state index in [4.69, 9.17) is 4.74 Å². The third-order valence-electron chi connectivity index (χ3n) is 4.11. The summed E-state index contributed by atoms with van der Waals surface area (Å²) in [5.74, 6) is -2.12. The van der Waals surface area contributed by atoms with Crippen LogP contribution in [0.3, 0.4) is 0 Å². The van der Waals surface area contributed by atoms with Gasteiger partial charge in [-0.2, -0.15) is 13.2 Å². The molecule has 0 aliphatic heterocycles. The maximum absolute atomic E-state index is 13.7. The Morgan fingerprint density at radius 3 is 2.26 bits per heavy atom. The van der Waals surface area contributed by atoms with E-state index in [-0.39, 0.29) is 17.1 Å². The van der Waals surface area contributed by atoms with Gasteiger partial charge >= 0.3 is 12.1 Å². The Morgan fingerprint density at radius 2 is 1.77 bits per heavy atom. The summed E-state index contributed by atoms with van der Waals surface area (Å²) in [5.41, 5.74) is -6.10. The lowest BCUT2D eigenvalue weighted by Gasteiger charge is -2.21. The Balaban J connectivity index is 2.85. The molecule has 1 N–H and O–H groups in total. The number of carboxylic acids is 1. The molecule has 0 saturated carbocycles. The number of benzene rings is 1. The van der Waals surface area contributed by atoms with E-state index in [0.29, 0.717) is 11.8 Å². The van der Waals surface area contributed by atoms with Gasteiger partial charge in [0.25, 0.3) is 6.43 Å². The molecule has 2 aromatic rings. The van der Waals surface area contributed by atoms with Crippen molar-refractivity contribution in [3.8, 4) is 5.75 Å². The lowest BCUT2D eigenvalue weighted by atomic mass is 9.91. The number of aromatic nitrogens is 1. The normalized spacial score (nSPS) is 11.8. The molecule has 168 valence electrons. The van der Waals surface area contributed by atoms with Crippen LogP contribution < -0.4 is 4.74 Å². The summed E-state index contributed by atoms with van der Waals surface area (Å²) in [6.07, 6.45) is -9.19. The van der Waals surface area contributed by atoms with Gasteiger partial charge in [-0.25, -0.2) is 18.6 Å². The van der Waals surface area contributed by atoms with Gasteiger partial charge in [-0.1, -0.05) is 26.0 Å². The van der Waals surface area contributed by atoms with Gasteiger partial charge in [-0.15, -0.1) is 0 Å². The Morgan fingerprint density at radius 1 is 1.16 bits per heavy atom. The number of nitrogens with zero attached hydrogens (tertiary/aromatic N) is 1. The minimum absolute atomic E-state index is 0.174. The number of ether oxygens (including phenoxy) is 1. The quantitative estimate of drug-likeness (QED) is 0.409. The molecule has 31 heavy (non-hydrogen) atoms. The summed E-state index contributed by atoms with van der Waals surface area (Å²) < 4.78 is 73.2. The number of alkyl halides is 5. The average Bonchev–Trinajstić information content (AvgIpc) is 2.65. The van der Waals surface area contributed by atoms with Gasteiger partial charge in [0, 0.05) is 0 Å². The molecule has 2 rings (SSSR count). The molecule has 0 bridgehead atoms. The van der Waals surface area contributed by atoms with Crippen molar-refractivity contribution < 1.29 is 41.4 Å². The van der Waals surface area contributed by atoms with E-state index in [9.17, 15) is 36.6 Å². The van der Waals surface area contributed by atoms with Gasteiger partial charge in [-0.05, 0) is 41.8 Å². The third kappa shape index (κ3) is 5.52. The second kappa shape index (κ2) is 9.63. The van der Waals surface area contributed by atoms with Crippen molar-refractivity contribution in [1.29, 1.82) is 0 Å². The molecule has 0 spiro atoms. The fourth-order valence-corrected chi connectivity index (χ4v) is 3.86. The molecule has 11 heteroatoms. The van der Waals surface area contributed by atoms with Crippen LogP contribution in [0.5, 0.6) is 5.75 Å². The molecular formula is C20H18F5NO4S. The van der Waals surface area contributed by atoms with Crippen molar-refractivity contribution in [2.45, 2.75) is 37.8 Å². The lowest BCUT2D eigenvalue weighted by molar-refractivity contribution is -0.141. The van der Waals surface area contributed by atoms with Crippen molar-refractivity contribution in [3.05, 3.63) is 52.3 Å². The van der Waals surface area contributed by atoms with Crippen LogP contribution in [0.15, 0.2) is 29.2 Å². The third-order valence-corrected chi connectivity index (χ3v) is 5.05. The van der Waals surface area contributed by atoms with Crippen molar-refractivity contribution in [2.75, 3.05) is 7.11 Å². The van der Waals surface area contributed by atoms with E-state index in [1.165, 1.54) is 25.3 Å². The molecule has 1 aromatic carbocycles. The minimum atomic E-state index is -5.27. The van der Waals surface area contributed by atoms with Crippen LogP contribution in [-0.4, -0.2) is 28.3 Å². The number of hydrogen-bond acceptors (Lipinski definition) is 5. The van der Waals surface area contributed by atoms with Crippen LogP contribution in [-0.2, 0) is 12.6 Å². The van der Waals surface area contributed by atoms with Crippen molar-refractivity contribution in [3.63, 3.8) is 0 Å². The Hall–Kier alpha value is -2.69. The van der Waals surface area contributed by atoms with Gasteiger partial charge < -0.3 is 9.84 Å². The molecule has 0 fully saturated rings. The molecule has 5 nitrogen and oxygen atoms in total. The highest BCUT2D eigenvalue weighted by molar-refractivity contribution is 8.14. The second-order valence-electron chi connectivity index (χ2n) is 6.82. The van der Waals surface area contributed by atoms with Crippen LogP contribution in [0.2, 0.25) is 0 Å². The first-order valence-corrected chi connectivity index (χ1v) is 9.70. The molecule has 1 aromatic heterocycles. The van der Waals surface area contributed by atoms with E-state index < -0.39 is 57.7 Å². The summed E-state index contributed by atoms with van der Waals surface area (Å²) in [6, 6.07) is 6.02. The summed E-state index contributed by atoms with van der Waals surface area (Å²) in [4.78, 5) is 27.8. The maximum atomic E-state index is 13.7. The molecule has 0 unspecified atom stereocenters. The smallest absolute Gasteiger partial charge is 0.434 e. The van der Waals surface area contributed by atoms with E-state index in [1.54, 1.807) is 19.9 Å². The first kappa shape index (κ1) is 24.6. The second-order valence-corrected chi connectivity index (χ2v) is 7.83. The highest BCUT2D eigenvalue weighted by atomic mass is 32.2. The largest absolute Gasteiger partial charge is 0.496 e. The van der Waals surface area contributed by atoms with Gasteiger partial charge in [0.1, 0.15) is 11.4 Å². The predicted octanol–water partition coefficient (Wildman–Crippen LogP) is 5.88. The van der Waals surface area contributed by atoms with E-state index in [0.717, 1.165) is 0 Å². The number of aromatic carboxylic acids is 1. The monoisotopic (exact) mass is 463 g/mol. The highest BCUT2D eigenvalue weighted by Gasteiger charge is 2.42. The van der Waals surface area contributed by atoms with E-state index in [2.05, 4.69) is 4.98 Å². The number of rotatable bonds is 7.